The number of likely N-dealkylation sites (N-methyl/N-ethyl adjacent to an activating group) is 2. The zero-order valence-electron chi connectivity index (χ0n) is 13.5. The van der Waals surface area contributed by atoms with Gasteiger partial charge in [-0.2, -0.15) is 0 Å². The lowest BCUT2D eigenvalue weighted by molar-refractivity contribution is -0.142. The Bertz CT molecular complexity index is 319. The molecule has 0 heterocycles. The van der Waals surface area contributed by atoms with Gasteiger partial charge in [0, 0.05) is 25.7 Å². The molecule has 0 spiro atoms. The van der Waals surface area contributed by atoms with E-state index in [9.17, 15) is 9.59 Å². The predicted molar refractivity (Wildman–Crippen MR) is 79.8 cm³/mol. The fraction of sp³-hybridized carbons (Fsp3) is 0.857. The average Bonchev–Trinajstić information content (AvgIpc) is 2.27. The van der Waals surface area contributed by atoms with Crippen LogP contribution in [0.25, 0.3) is 0 Å². The van der Waals surface area contributed by atoms with E-state index in [1.54, 1.807) is 4.90 Å². The Balaban J connectivity index is 4.52. The van der Waals surface area contributed by atoms with Gasteiger partial charge in [-0.05, 0) is 33.9 Å². The first-order chi connectivity index (χ1) is 9.20. The zero-order chi connectivity index (χ0) is 15.9. The fourth-order valence-corrected chi connectivity index (χ4v) is 2.19. The molecule has 0 rings (SSSR count). The molecule has 0 fully saturated rings. The second-order valence-electron chi connectivity index (χ2n) is 5.77. The third-order valence-electron chi connectivity index (χ3n) is 3.36. The van der Waals surface area contributed by atoms with Gasteiger partial charge in [0.25, 0.3) is 0 Å². The highest BCUT2D eigenvalue weighted by molar-refractivity contribution is 5.76. The van der Waals surface area contributed by atoms with E-state index in [-0.39, 0.29) is 24.5 Å². The molecule has 0 saturated heterocycles. The van der Waals surface area contributed by atoms with Crippen LogP contribution in [-0.2, 0) is 4.79 Å². The van der Waals surface area contributed by atoms with Gasteiger partial charge in [-0.1, -0.05) is 13.8 Å². The Hall–Kier alpha value is -1.30. The molecule has 0 radical (unpaired) electrons. The van der Waals surface area contributed by atoms with E-state index in [2.05, 4.69) is 5.32 Å². The summed E-state index contributed by atoms with van der Waals surface area (Å²) >= 11 is 0. The SMILES string of the molecule is CCN(C(=O)NCC(C(=O)O)C(C)C)C(C)CN(C)C. The molecule has 0 aliphatic rings. The summed E-state index contributed by atoms with van der Waals surface area (Å²) < 4.78 is 0. The van der Waals surface area contributed by atoms with Crippen LogP contribution in [-0.4, -0.2) is 66.7 Å². The highest BCUT2D eigenvalue weighted by atomic mass is 16.4. The Morgan fingerprint density at radius 1 is 1.20 bits per heavy atom. The van der Waals surface area contributed by atoms with E-state index in [1.165, 1.54) is 0 Å². The lowest BCUT2D eigenvalue weighted by Gasteiger charge is -2.30. The number of nitrogens with one attached hydrogen (secondary N) is 1. The molecule has 0 aliphatic heterocycles. The molecule has 0 saturated carbocycles. The Labute approximate surface area is 122 Å². The van der Waals surface area contributed by atoms with Crippen LogP contribution in [0.15, 0.2) is 0 Å². The highest BCUT2D eigenvalue weighted by Gasteiger charge is 2.24. The van der Waals surface area contributed by atoms with Crippen molar-refractivity contribution in [1.29, 1.82) is 0 Å². The monoisotopic (exact) mass is 287 g/mol. The van der Waals surface area contributed by atoms with Crippen molar-refractivity contribution in [2.24, 2.45) is 11.8 Å². The minimum absolute atomic E-state index is 0.0120. The number of carbonyl (C=O) groups excluding carboxylic acids is 1. The Kier molecular flexibility index (Phi) is 8.22. The zero-order valence-corrected chi connectivity index (χ0v) is 13.5. The van der Waals surface area contributed by atoms with Gasteiger partial charge in [0.1, 0.15) is 0 Å². The summed E-state index contributed by atoms with van der Waals surface area (Å²) in [6.45, 7) is 9.13. The van der Waals surface area contributed by atoms with Crippen molar-refractivity contribution < 1.29 is 14.7 Å². The van der Waals surface area contributed by atoms with Crippen LogP contribution in [0.5, 0.6) is 0 Å². The number of carbonyl (C=O) groups is 2. The van der Waals surface area contributed by atoms with Gasteiger partial charge < -0.3 is 20.2 Å². The van der Waals surface area contributed by atoms with Gasteiger partial charge in [-0.25, -0.2) is 4.79 Å². The van der Waals surface area contributed by atoms with Crippen molar-refractivity contribution in [2.45, 2.75) is 33.7 Å². The van der Waals surface area contributed by atoms with Crippen molar-refractivity contribution >= 4 is 12.0 Å². The second kappa shape index (κ2) is 8.79. The van der Waals surface area contributed by atoms with Crippen molar-refractivity contribution in [3.8, 4) is 0 Å². The number of aliphatic carboxylic acids is 1. The molecule has 6 heteroatoms. The van der Waals surface area contributed by atoms with Gasteiger partial charge >= 0.3 is 12.0 Å². The lowest BCUT2D eigenvalue weighted by Crippen LogP contribution is -2.50. The van der Waals surface area contributed by atoms with E-state index in [1.807, 2.05) is 46.7 Å². The van der Waals surface area contributed by atoms with Crippen LogP contribution >= 0.6 is 0 Å². The van der Waals surface area contributed by atoms with Crippen molar-refractivity contribution in [2.75, 3.05) is 33.7 Å². The van der Waals surface area contributed by atoms with Gasteiger partial charge in [0.2, 0.25) is 0 Å². The topological polar surface area (TPSA) is 72.9 Å². The van der Waals surface area contributed by atoms with Crippen molar-refractivity contribution in [3.05, 3.63) is 0 Å². The Morgan fingerprint density at radius 3 is 2.10 bits per heavy atom. The molecule has 0 aliphatic carbocycles. The highest BCUT2D eigenvalue weighted by Crippen LogP contribution is 2.10. The second-order valence-corrected chi connectivity index (χ2v) is 5.77. The molecule has 2 unspecified atom stereocenters. The fourth-order valence-electron chi connectivity index (χ4n) is 2.19. The van der Waals surface area contributed by atoms with Crippen molar-refractivity contribution in [1.82, 2.24) is 15.1 Å². The van der Waals surface area contributed by atoms with Crippen molar-refractivity contribution in [3.63, 3.8) is 0 Å². The molecule has 0 aromatic heterocycles. The van der Waals surface area contributed by atoms with Crippen LogP contribution < -0.4 is 5.32 Å². The van der Waals surface area contributed by atoms with Gasteiger partial charge in [0.15, 0.2) is 0 Å². The molecular formula is C14H29N3O3. The summed E-state index contributed by atoms with van der Waals surface area (Å²) in [4.78, 5) is 27.0. The summed E-state index contributed by atoms with van der Waals surface area (Å²) in [5, 5.41) is 11.8. The van der Waals surface area contributed by atoms with E-state index >= 15 is 0 Å². The molecule has 2 atom stereocenters. The maximum absolute atomic E-state index is 12.2. The predicted octanol–water partition coefficient (Wildman–Crippen LogP) is 1.32. The maximum atomic E-state index is 12.2. The van der Waals surface area contributed by atoms with Crippen LogP contribution in [0.2, 0.25) is 0 Å². The Morgan fingerprint density at radius 2 is 1.75 bits per heavy atom. The summed E-state index contributed by atoms with van der Waals surface area (Å²) in [5.41, 5.74) is 0. The standard InChI is InChI=1S/C14H29N3O3/c1-7-17(11(4)9-16(5)6)14(20)15-8-12(10(2)3)13(18)19/h10-12H,7-9H2,1-6H3,(H,15,20)(H,18,19). The van der Waals surface area contributed by atoms with Crippen LogP contribution in [0, 0.1) is 11.8 Å². The average molecular weight is 287 g/mol. The first-order valence-electron chi connectivity index (χ1n) is 7.12. The number of nitrogens with zero attached hydrogens (tertiary/aromatic N) is 2. The van der Waals surface area contributed by atoms with Gasteiger partial charge in [-0.3, -0.25) is 4.79 Å². The summed E-state index contributed by atoms with van der Waals surface area (Å²) in [6.07, 6.45) is 0. The normalized spacial score (nSPS) is 14.2. The summed E-state index contributed by atoms with van der Waals surface area (Å²) in [6, 6.07) is -0.119. The number of rotatable bonds is 8. The molecular weight excluding hydrogens is 258 g/mol. The van der Waals surface area contributed by atoms with E-state index < -0.39 is 11.9 Å². The number of carboxylic acids is 1. The number of hydrogen-bond acceptors (Lipinski definition) is 3. The molecule has 2 amide bonds. The van der Waals surface area contributed by atoms with E-state index in [0.29, 0.717) is 6.54 Å². The molecule has 118 valence electrons. The molecule has 2 N–H and O–H groups in total. The molecule has 20 heavy (non-hydrogen) atoms. The number of amides is 2. The number of carboxylic acid groups (broad SMARTS) is 1. The quantitative estimate of drug-likeness (QED) is 0.706. The maximum Gasteiger partial charge on any atom is 0.317 e. The minimum Gasteiger partial charge on any atom is -0.481 e. The number of urea groups is 1. The molecule has 6 nitrogen and oxygen atoms in total. The van der Waals surface area contributed by atoms with Gasteiger partial charge in [0.05, 0.1) is 5.92 Å². The number of hydrogen-bond donors (Lipinski definition) is 2. The molecule has 0 bridgehead atoms. The summed E-state index contributed by atoms with van der Waals surface area (Å²) in [7, 11) is 3.92. The largest absolute Gasteiger partial charge is 0.481 e. The third kappa shape index (κ3) is 6.23. The first kappa shape index (κ1) is 18.7. The van der Waals surface area contributed by atoms with E-state index in [0.717, 1.165) is 6.54 Å². The van der Waals surface area contributed by atoms with Gasteiger partial charge in [-0.15, -0.1) is 0 Å². The third-order valence-corrected chi connectivity index (χ3v) is 3.36. The van der Waals surface area contributed by atoms with Crippen LogP contribution in [0.3, 0.4) is 0 Å². The smallest absolute Gasteiger partial charge is 0.317 e. The summed E-state index contributed by atoms with van der Waals surface area (Å²) in [5.74, 6) is -1.44. The van der Waals surface area contributed by atoms with Crippen LogP contribution in [0.1, 0.15) is 27.7 Å². The molecule has 0 aromatic rings. The lowest BCUT2D eigenvalue weighted by atomic mass is 9.96. The minimum atomic E-state index is -0.871. The van der Waals surface area contributed by atoms with E-state index in [4.69, 9.17) is 5.11 Å². The molecule has 0 aromatic carbocycles. The van der Waals surface area contributed by atoms with Crippen LogP contribution in [0.4, 0.5) is 4.79 Å². The first-order valence-corrected chi connectivity index (χ1v) is 7.12.